The second-order valence-electron chi connectivity index (χ2n) is 7.05. The van der Waals surface area contributed by atoms with E-state index in [1.54, 1.807) is 4.68 Å². The van der Waals surface area contributed by atoms with Gasteiger partial charge < -0.3 is 0 Å². The summed E-state index contributed by atoms with van der Waals surface area (Å²) in [6.45, 7) is 4.37. The Morgan fingerprint density at radius 2 is 1.87 bits per heavy atom. The van der Waals surface area contributed by atoms with Crippen molar-refractivity contribution in [1.82, 2.24) is 35.4 Å². The fourth-order valence-corrected chi connectivity index (χ4v) is 3.33. The van der Waals surface area contributed by atoms with Crippen molar-refractivity contribution in [2.45, 2.75) is 33.2 Å². The van der Waals surface area contributed by atoms with E-state index in [0.717, 1.165) is 28.1 Å². The van der Waals surface area contributed by atoms with Crippen LogP contribution in [0.5, 0.6) is 0 Å². The van der Waals surface area contributed by atoms with Gasteiger partial charge in [-0.25, -0.2) is 14.8 Å². The molecule has 0 saturated heterocycles. The number of carbonyl (C=O) groups excluding carboxylic acids is 1. The molecule has 0 aliphatic heterocycles. The van der Waals surface area contributed by atoms with E-state index < -0.39 is 0 Å². The Labute approximate surface area is 180 Å². The second kappa shape index (κ2) is 9.25. The Kier molecular flexibility index (Phi) is 6.07. The first-order valence-corrected chi connectivity index (χ1v) is 10.2. The van der Waals surface area contributed by atoms with Crippen molar-refractivity contribution in [2.75, 3.05) is 0 Å². The number of hydrogen-bond acceptors (Lipinski definition) is 6. The van der Waals surface area contributed by atoms with E-state index in [9.17, 15) is 4.79 Å². The van der Waals surface area contributed by atoms with Crippen LogP contribution in [0.2, 0.25) is 0 Å². The van der Waals surface area contributed by atoms with Gasteiger partial charge >= 0.3 is 0 Å². The predicted octanol–water partition coefficient (Wildman–Crippen LogP) is 3.88. The largest absolute Gasteiger partial charge is 0.291 e. The lowest BCUT2D eigenvalue weighted by Crippen LogP contribution is -2.05. The lowest BCUT2D eigenvalue weighted by Gasteiger charge is -2.08. The van der Waals surface area contributed by atoms with E-state index in [1.165, 1.54) is 0 Å². The molecule has 0 unspecified atom stereocenters. The molecular formula is C23H23N7O. The molecule has 2 aromatic heterocycles. The Morgan fingerprint density at radius 1 is 1.10 bits per heavy atom. The average Bonchev–Trinajstić information content (AvgIpc) is 3.48. The minimum Gasteiger partial charge on any atom is -0.291 e. The first-order valence-electron chi connectivity index (χ1n) is 10.2. The Bertz CT molecular complexity index is 1190. The van der Waals surface area contributed by atoms with Gasteiger partial charge in [-0.05, 0) is 34.0 Å². The van der Waals surface area contributed by atoms with Crippen LogP contribution in [0.4, 0.5) is 0 Å². The summed E-state index contributed by atoms with van der Waals surface area (Å²) in [6, 6.07) is 16.3. The first kappa shape index (κ1) is 20.3. The highest BCUT2D eigenvalue weighted by Gasteiger charge is 2.15. The van der Waals surface area contributed by atoms with Crippen molar-refractivity contribution in [3.8, 4) is 22.5 Å². The van der Waals surface area contributed by atoms with E-state index in [-0.39, 0.29) is 11.6 Å². The molecule has 156 valence electrons. The summed E-state index contributed by atoms with van der Waals surface area (Å²) in [5, 5.41) is 18.6. The van der Waals surface area contributed by atoms with Crippen molar-refractivity contribution >= 4 is 5.78 Å². The van der Waals surface area contributed by atoms with Gasteiger partial charge in [0.2, 0.25) is 11.6 Å². The number of tetrazole rings is 1. The van der Waals surface area contributed by atoms with Crippen LogP contribution in [0.3, 0.4) is 0 Å². The van der Waals surface area contributed by atoms with Gasteiger partial charge in [-0.1, -0.05) is 67.6 Å². The standard InChI is InChI=1S/C23H23N7O/c1-3-5-14-30-21(24-23(27-30)20(31)4-2)15-16-10-12-17(13-11-16)18-8-6-7-9-19(18)22-25-28-29-26-22/h3,5-13H,4,14-15H2,1-2H3,(H,25,26,28,29). The molecule has 8 nitrogen and oxygen atoms in total. The third-order valence-corrected chi connectivity index (χ3v) is 4.99. The molecule has 4 rings (SSSR count). The molecule has 0 aliphatic carbocycles. The Hall–Kier alpha value is -3.94. The molecule has 2 heterocycles. The summed E-state index contributed by atoms with van der Waals surface area (Å²) in [6.07, 6.45) is 4.94. The van der Waals surface area contributed by atoms with Crippen LogP contribution >= 0.6 is 0 Å². The highest BCUT2D eigenvalue weighted by Crippen LogP contribution is 2.29. The zero-order valence-electron chi connectivity index (χ0n) is 17.5. The fourth-order valence-electron chi connectivity index (χ4n) is 3.33. The summed E-state index contributed by atoms with van der Waals surface area (Å²) >= 11 is 0. The molecule has 8 heteroatoms. The van der Waals surface area contributed by atoms with Gasteiger partial charge in [0.15, 0.2) is 5.82 Å². The number of nitrogens with one attached hydrogen (secondary N) is 1. The summed E-state index contributed by atoms with van der Waals surface area (Å²) in [7, 11) is 0. The summed E-state index contributed by atoms with van der Waals surface area (Å²) < 4.78 is 1.79. The molecule has 0 amide bonds. The van der Waals surface area contributed by atoms with Crippen LogP contribution in [0, 0.1) is 0 Å². The van der Waals surface area contributed by atoms with E-state index in [4.69, 9.17) is 0 Å². The second-order valence-corrected chi connectivity index (χ2v) is 7.05. The van der Waals surface area contributed by atoms with E-state index in [2.05, 4.69) is 55.0 Å². The van der Waals surface area contributed by atoms with Crippen molar-refractivity contribution in [2.24, 2.45) is 0 Å². The minimum absolute atomic E-state index is 0.0469. The van der Waals surface area contributed by atoms with E-state index >= 15 is 0 Å². The number of nitrogens with zero attached hydrogens (tertiary/aromatic N) is 6. The average molecular weight is 413 g/mol. The highest BCUT2D eigenvalue weighted by molar-refractivity contribution is 5.92. The van der Waals surface area contributed by atoms with Crippen LogP contribution < -0.4 is 0 Å². The van der Waals surface area contributed by atoms with Crippen molar-refractivity contribution in [3.05, 3.63) is 77.9 Å². The molecule has 31 heavy (non-hydrogen) atoms. The maximum absolute atomic E-state index is 12.1. The number of H-pyrrole nitrogens is 1. The number of rotatable bonds is 8. The van der Waals surface area contributed by atoms with Crippen LogP contribution in [-0.2, 0) is 13.0 Å². The molecule has 0 fully saturated rings. The number of ketones is 1. The van der Waals surface area contributed by atoms with Crippen LogP contribution in [0.15, 0.2) is 60.7 Å². The normalized spacial score (nSPS) is 11.3. The summed E-state index contributed by atoms with van der Waals surface area (Å²) in [4.78, 5) is 16.6. The van der Waals surface area contributed by atoms with Gasteiger partial charge in [-0.3, -0.25) is 4.79 Å². The topological polar surface area (TPSA) is 102 Å². The quantitative estimate of drug-likeness (QED) is 0.347. The van der Waals surface area contributed by atoms with Gasteiger partial charge in [0.05, 0.1) is 6.54 Å². The number of hydrogen-bond donors (Lipinski definition) is 1. The predicted molar refractivity (Wildman–Crippen MR) is 117 cm³/mol. The lowest BCUT2D eigenvalue weighted by atomic mass is 9.98. The Morgan fingerprint density at radius 3 is 2.55 bits per heavy atom. The lowest BCUT2D eigenvalue weighted by molar-refractivity contribution is 0.0978. The SMILES string of the molecule is CC=CCn1nc(C(=O)CC)nc1Cc1ccc(-c2ccccc2-c2nnn[nH]2)cc1. The highest BCUT2D eigenvalue weighted by atomic mass is 16.1. The fraction of sp³-hybridized carbons (Fsp3) is 0.217. The molecular weight excluding hydrogens is 390 g/mol. The summed E-state index contributed by atoms with van der Waals surface area (Å²) in [5.41, 5.74) is 4.13. The number of allylic oxidation sites excluding steroid dienone is 2. The molecule has 0 bridgehead atoms. The first-order chi connectivity index (χ1) is 15.2. The third-order valence-electron chi connectivity index (χ3n) is 4.99. The zero-order valence-corrected chi connectivity index (χ0v) is 17.5. The molecule has 1 N–H and O–H groups in total. The third kappa shape index (κ3) is 4.48. The number of benzene rings is 2. The van der Waals surface area contributed by atoms with Gasteiger partial charge in [-0.2, -0.15) is 0 Å². The number of aromatic nitrogens is 7. The van der Waals surface area contributed by atoms with Crippen LogP contribution in [-0.4, -0.2) is 41.2 Å². The summed E-state index contributed by atoms with van der Waals surface area (Å²) in [5.74, 6) is 1.64. The molecule has 0 atom stereocenters. The smallest absolute Gasteiger partial charge is 0.217 e. The van der Waals surface area contributed by atoms with Crippen molar-refractivity contribution in [1.29, 1.82) is 0 Å². The van der Waals surface area contributed by atoms with Gasteiger partial charge in [0, 0.05) is 18.4 Å². The number of aromatic amines is 1. The van der Waals surface area contributed by atoms with Gasteiger partial charge in [0.25, 0.3) is 0 Å². The molecule has 0 radical (unpaired) electrons. The minimum atomic E-state index is -0.0469. The maximum Gasteiger partial charge on any atom is 0.217 e. The Balaban J connectivity index is 1.61. The zero-order chi connectivity index (χ0) is 21.6. The molecule has 0 saturated carbocycles. The maximum atomic E-state index is 12.1. The van der Waals surface area contributed by atoms with Gasteiger partial charge in [0.1, 0.15) is 5.82 Å². The van der Waals surface area contributed by atoms with Gasteiger partial charge in [-0.15, -0.1) is 10.2 Å². The van der Waals surface area contributed by atoms with Crippen molar-refractivity contribution in [3.63, 3.8) is 0 Å². The van der Waals surface area contributed by atoms with E-state index in [1.807, 2.05) is 50.3 Å². The number of Topliss-reactive ketones (excluding diaryl/α,β-unsaturated/α-hetero) is 1. The van der Waals surface area contributed by atoms with Crippen LogP contribution in [0.25, 0.3) is 22.5 Å². The molecule has 0 aliphatic rings. The van der Waals surface area contributed by atoms with Crippen LogP contribution in [0.1, 0.15) is 42.3 Å². The van der Waals surface area contributed by atoms with E-state index in [0.29, 0.717) is 25.2 Å². The number of carbonyl (C=O) groups is 1. The monoisotopic (exact) mass is 413 g/mol. The molecule has 2 aromatic carbocycles. The van der Waals surface area contributed by atoms with Crippen molar-refractivity contribution < 1.29 is 4.79 Å². The molecule has 0 spiro atoms. The molecule has 4 aromatic rings.